The van der Waals surface area contributed by atoms with E-state index in [2.05, 4.69) is 15.6 Å². The van der Waals surface area contributed by atoms with Crippen molar-refractivity contribution in [3.05, 3.63) is 54.2 Å². The van der Waals surface area contributed by atoms with Gasteiger partial charge in [-0.1, -0.05) is 18.2 Å². The third-order valence-corrected chi connectivity index (χ3v) is 6.71. The second-order valence-corrected chi connectivity index (χ2v) is 8.71. The normalized spacial score (nSPS) is 14.8. The predicted molar refractivity (Wildman–Crippen MR) is 113 cm³/mol. The van der Waals surface area contributed by atoms with Crippen molar-refractivity contribution in [3.63, 3.8) is 0 Å². The van der Waals surface area contributed by atoms with E-state index in [0.29, 0.717) is 5.57 Å². The number of likely N-dealkylation sites (N-methyl/N-ethyl adjacent to an activating group) is 1. The van der Waals surface area contributed by atoms with Gasteiger partial charge in [-0.25, -0.2) is 18.9 Å². The molecule has 2 heterocycles. The average Bonchev–Trinajstić information content (AvgIpc) is 2.79. The Labute approximate surface area is 175 Å². The summed E-state index contributed by atoms with van der Waals surface area (Å²) < 4.78 is 27.1. The number of hydrogen-bond donors (Lipinski definition) is 4. The van der Waals surface area contributed by atoms with E-state index < -0.39 is 15.9 Å². The first-order chi connectivity index (χ1) is 14.5. The number of rotatable bonds is 8. The van der Waals surface area contributed by atoms with Crippen LogP contribution < -0.4 is 16.1 Å². The fourth-order valence-corrected chi connectivity index (χ4v) is 4.48. The summed E-state index contributed by atoms with van der Waals surface area (Å²) >= 11 is 0. The van der Waals surface area contributed by atoms with Crippen LogP contribution in [0, 0.1) is 0 Å². The molecule has 1 aromatic carbocycles. The smallest absolute Gasteiger partial charge is 0.270 e. The first kappa shape index (κ1) is 21.9. The molecule has 0 fully saturated rings. The number of amides is 1. The van der Waals surface area contributed by atoms with Gasteiger partial charge in [0.15, 0.2) is 0 Å². The van der Waals surface area contributed by atoms with Crippen LogP contribution in [0.5, 0.6) is 0 Å². The molecule has 1 aliphatic rings. The van der Waals surface area contributed by atoms with Crippen LogP contribution in [0.15, 0.2) is 59.1 Å². The second kappa shape index (κ2) is 9.81. The maximum absolute atomic E-state index is 12.9. The van der Waals surface area contributed by atoms with Crippen molar-refractivity contribution in [2.24, 2.45) is 0 Å². The lowest BCUT2D eigenvalue weighted by Crippen LogP contribution is -2.37. The number of nitrogens with one attached hydrogen (secondary N) is 3. The van der Waals surface area contributed by atoms with Crippen LogP contribution >= 0.6 is 0 Å². The van der Waals surface area contributed by atoms with Gasteiger partial charge in [0.25, 0.3) is 5.91 Å². The summed E-state index contributed by atoms with van der Waals surface area (Å²) in [5.41, 5.74) is 3.69. The Kier molecular flexibility index (Phi) is 7.16. The van der Waals surface area contributed by atoms with Gasteiger partial charge in [0.05, 0.1) is 4.90 Å². The largest absolute Gasteiger partial charge is 0.369 e. The van der Waals surface area contributed by atoms with E-state index in [1.54, 1.807) is 35.9 Å². The molecule has 0 radical (unpaired) electrons. The van der Waals surface area contributed by atoms with Crippen molar-refractivity contribution in [2.75, 3.05) is 38.5 Å². The van der Waals surface area contributed by atoms with Gasteiger partial charge in [-0.15, -0.1) is 0 Å². The summed E-state index contributed by atoms with van der Waals surface area (Å²) in [6, 6.07) is 10.5. The van der Waals surface area contributed by atoms with Gasteiger partial charge in [0.2, 0.25) is 10.0 Å². The molecule has 0 aliphatic carbocycles. The Balaban J connectivity index is 1.69. The zero-order chi connectivity index (χ0) is 21.6. The van der Waals surface area contributed by atoms with E-state index >= 15 is 0 Å². The number of benzene rings is 1. The van der Waals surface area contributed by atoms with E-state index in [1.807, 2.05) is 19.2 Å². The molecule has 2 aromatic rings. The van der Waals surface area contributed by atoms with Crippen LogP contribution in [0.4, 0.5) is 5.82 Å². The molecule has 0 saturated heterocycles. The summed E-state index contributed by atoms with van der Waals surface area (Å²) in [7, 11) is -1.79. The highest BCUT2D eigenvalue weighted by Gasteiger charge is 2.27. The minimum Gasteiger partial charge on any atom is -0.369 e. The summed E-state index contributed by atoms with van der Waals surface area (Å²) in [4.78, 5) is 16.0. The molecule has 10 heteroatoms. The van der Waals surface area contributed by atoms with Crippen molar-refractivity contribution in [3.8, 4) is 11.1 Å². The first-order valence-electron chi connectivity index (χ1n) is 9.54. The Bertz CT molecular complexity index is 1000. The van der Waals surface area contributed by atoms with Gasteiger partial charge in [0.1, 0.15) is 5.82 Å². The number of carbonyl (C=O) groups excluding carboxylic acids is 1. The fraction of sp³-hybridized carbons (Fsp3) is 0.300. The molecule has 1 aliphatic heterocycles. The number of aromatic nitrogens is 1. The SMILES string of the molecule is CNCCNc1ccc(-c2ccc(S(=O)(=O)N3CC=C(C(=O)NO)CC3)cc2)cn1. The minimum absolute atomic E-state index is 0.0821. The summed E-state index contributed by atoms with van der Waals surface area (Å²) in [6.07, 6.45) is 3.50. The van der Waals surface area contributed by atoms with Crippen molar-refractivity contribution >= 4 is 21.7 Å². The quantitative estimate of drug-likeness (QED) is 0.281. The van der Waals surface area contributed by atoms with E-state index in [4.69, 9.17) is 5.21 Å². The number of anilines is 1. The van der Waals surface area contributed by atoms with Gasteiger partial charge in [-0.3, -0.25) is 10.0 Å². The number of hydrogen-bond acceptors (Lipinski definition) is 7. The molecule has 1 amide bonds. The first-order valence-corrected chi connectivity index (χ1v) is 11.0. The number of sulfonamides is 1. The molecule has 3 rings (SSSR count). The van der Waals surface area contributed by atoms with Gasteiger partial charge >= 0.3 is 0 Å². The Hall–Kier alpha value is -2.79. The van der Waals surface area contributed by atoms with Crippen LogP contribution in [-0.4, -0.2) is 62.0 Å². The molecular formula is C20H25N5O4S. The summed E-state index contributed by atoms with van der Waals surface area (Å²) in [5.74, 6) is 0.175. The standard InChI is InChI=1S/C20H25N5O4S/c1-21-10-11-22-19-7-4-17(14-23-19)15-2-5-18(6-3-15)30(28,29)25-12-8-16(9-13-25)20(26)24-27/h2-8,14,21,27H,9-13H2,1H3,(H,22,23)(H,24,26). The lowest BCUT2D eigenvalue weighted by Gasteiger charge is -2.25. The maximum atomic E-state index is 12.9. The highest BCUT2D eigenvalue weighted by atomic mass is 32.2. The van der Waals surface area contributed by atoms with E-state index in [9.17, 15) is 13.2 Å². The molecule has 0 bridgehead atoms. The van der Waals surface area contributed by atoms with Crippen molar-refractivity contribution < 1.29 is 18.4 Å². The second-order valence-electron chi connectivity index (χ2n) is 6.77. The molecule has 1 aromatic heterocycles. The number of hydroxylamine groups is 1. The van der Waals surface area contributed by atoms with Crippen molar-refractivity contribution in [1.82, 2.24) is 20.1 Å². The fourth-order valence-electron chi connectivity index (χ4n) is 3.10. The van der Waals surface area contributed by atoms with E-state index in [1.165, 1.54) is 10.4 Å². The third-order valence-electron chi connectivity index (χ3n) is 4.84. The van der Waals surface area contributed by atoms with E-state index in [-0.39, 0.29) is 24.4 Å². The summed E-state index contributed by atoms with van der Waals surface area (Å²) in [6.45, 7) is 1.86. The van der Waals surface area contributed by atoms with Gasteiger partial charge < -0.3 is 10.6 Å². The number of carbonyl (C=O) groups is 1. The third kappa shape index (κ3) is 5.03. The van der Waals surface area contributed by atoms with Gasteiger partial charge in [-0.2, -0.15) is 4.31 Å². The number of pyridine rings is 1. The monoisotopic (exact) mass is 431 g/mol. The highest BCUT2D eigenvalue weighted by Crippen LogP contribution is 2.25. The molecule has 0 atom stereocenters. The molecule has 9 nitrogen and oxygen atoms in total. The van der Waals surface area contributed by atoms with Crippen LogP contribution in [-0.2, 0) is 14.8 Å². The van der Waals surface area contributed by atoms with Crippen molar-refractivity contribution in [2.45, 2.75) is 11.3 Å². The Morgan fingerprint density at radius 1 is 1.13 bits per heavy atom. The predicted octanol–water partition coefficient (Wildman–Crippen LogP) is 1.21. The zero-order valence-electron chi connectivity index (χ0n) is 16.6. The molecule has 0 unspecified atom stereocenters. The van der Waals surface area contributed by atoms with Crippen molar-refractivity contribution in [1.29, 1.82) is 0 Å². The summed E-state index contributed by atoms with van der Waals surface area (Å²) in [5, 5.41) is 14.9. The van der Waals surface area contributed by atoms with Crippen LogP contribution in [0.1, 0.15) is 6.42 Å². The molecule has 30 heavy (non-hydrogen) atoms. The molecular weight excluding hydrogens is 406 g/mol. The minimum atomic E-state index is -3.67. The lowest BCUT2D eigenvalue weighted by molar-refractivity contribution is -0.125. The Morgan fingerprint density at radius 2 is 1.87 bits per heavy atom. The van der Waals surface area contributed by atoms with Gasteiger partial charge in [-0.05, 0) is 43.3 Å². The lowest BCUT2D eigenvalue weighted by atomic mass is 10.1. The Morgan fingerprint density at radius 3 is 2.43 bits per heavy atom. The van der Waals surface area contributed by atoms with Gasteiger partial charge in [0, 0.05) is 43.5 Å². The van der Waals surface area contributed by atoms with Crippen LogP contribution in [0.25, 0.3) is 11.1 Å². The average molecular weight is 432 g/mol. The van der Waals surface area contributed by atoms with E-state index in [0.717, 1.165) is 30.0 Å². The zero-order valence-corrected chi connectivity index (χ0v) is 17.4. The topological polar surface area (TPSA) is 124 Å². The van der Waals surface area contributed by atoms with Crippen LogP contribution in [0.2, 0.25) is 0 Å². The molecule has 160 valence electrons. The number of nitrogens with zero attached hydrogens (tertiary/aromatic N) is 2. The highest BCUT2D eigenvalue weighted by molar-refractivity contribution is 7.89. The molecule has 4 N–H and O–H groups in total. The van der Waals surface area contributed by atoms with Crippen LogP contribution in [0.3, 0.4) is 0 Å². The maximum Gasteiger partial charge on any atom is 0.270 e. The molecule has 0 saturated carbocycles. The molecule has 0 spiro atoms.